The minimum Gasteiger partial charge on any atom is -0.301 e. The molecule has 1 aliphatic heterocycles. The highest BCUT2D eigenvalue weighted by atomic mass is 32.2. The Labute approximate surface area is 157 Å². The molecular formula is C18H21N3O3S2. The summed E-state index contributed by atoms with van der Waals surface area (Å²) in [6.07, 6.45) is 7.01. The van der Waals surface area contributed by atoms with Crippen LogP contribution in [0.5, 0.6) is 0 Å². The number of nitrogens with zero attached hydrogens (tertiary/aromatic N) is 2. The van der Waals surface area contributed by atoms with Crippen molar-refractivity contribution < 1.29 is 13.2 Å². The first-order valence-electron chi connectivity index (χ1n) is 8.90. The molecule has 26 heavy (non-hydrogen) atoms. The molecule has 1 fully saturated rings. The van der Waals surface area contributed by atoms with E-state index in [0.29, 0.717) is 29.4 Å². The first-order chi connectivity index (χ1) is 12.6. The van der Waals surface area contributed by atoms with Crippen LogP contribution in [-0.4, -0.2) is 36.2 Å². The number of benzene rings is 1. The maximum absolute atomic E-state index is 13.2. The number of hydrogen-bond donors (Lipinski definition) is 1. The van der Waals surface area contributed by atoms with Gasteiger partial charge in [0.25, 0.3) is 0 Å². The molecule has 2 aliphatic rings. The molecule has 1 atom stereocenters. The van der Waals surface area contributed by atoms with E-state index in [9.17, 15) is 13.2 Å². The average molecular weight is 392 g/mol. The molecule has 8 heteroatoms. The van der Waals surface area contributed by atoms with E-state index in [0.717, 1.165) is 31.2 Å². The van der Waals surface area contributed by atoms with Crippen molar-refractivity contribution in [1.29, 1.82) is 0 Å². The highest BCUT2D eigenvalue weighted by Crippen LogP contribution is 2.30. The van der Waals surface area contributed by atoms with E-state index < -0.39 is 16.1 Å². The molecule has 1 aliphatic carbocycles. The maximum atomic E-state index is 13.2. The molecule has 0 saturated carbocycles. The summed E-state index contributed by atoms with van der Waals surface area (Å²) in [4.78, 5) is 16.9. The Morgan fingerprint density at radius 2 is 2.00 bits per heavy atom. The molecular weight excluding hydrogens is 370 g/mol. The number of fused-ring (bicyclic) bond motifs is 1. The predicted octanol–water partition coefficient (Wildman–Crippen LogP) is 2.81. The molecule has 6 nitrogen and oxygen atoms in total. The summed E-state index contributed by atoms with van der Waals surface area (Å²) in [6, 6.07) is 4.74. The van der Waals surface area contributed by atoms with Gasteiger partial charge in [-0.1, -0.05) is 6.07 Å². The van der Waals surface area contributed by atoms with Crippen molar-refractivity contribution in [1.82, 2.24) is 9.29 Å². The summed E-state index contributed by atoms with van der Waals surface area (Å²) in [5, 5.41) is 4.99. The Balaban J connectivity index is 1.59. The number of nitrogens with one attached hydrogen (secondary N) is 1. The number of aryl methyl sites for hydroxylation is 2. The maximum Gasteiger partial charge on any atom is 0.244 e. The topological polar surface area (TPSA) is 79.4 Å². The summed E-state index contributed by atoms with van der Waals surface area (Å²) in [7, 11) is -3.69. The van der Waals surface area contributed by atoms with Crippen LogP contribution in [0.25, 0.3) is 0 Å². The van der Waals surface area contributed by atoms with Crippen molar-refractivity contribution in [2.75, 3.05) is 11.9 Å². The van der Waals surface area contributed by atoms with Gasteiger partial charge in [-0.05, 0) is 61.8 Å². The van der Waals surface area contributed by atoms with Crippen molar-refractivity contribution in [3.63, 3.8) is 0 Å². The van der Waals surface area contributed by atoms with Crippen molar-refractivity contribution in [2.45, 2.75) is 49.5 Å². The number of rotatable bonds is 4. The lowest BCUT2D eigenvalue weighted by atomic mass is 9.92. The Kier molecular flexibility index (Phi) is 4.81. The molecule has 0 radical (unpaired) electrons. The Hall–Kier alpha value is -1.77. The van der Waals surface area contributed by atoms with Crippen LogP contribution in [0.3, 0.4) is 0 Å². The van der Waals surface area contributed by atoms with Crippen LogP contribution in [0.1, 0.15) is 36.8 Å². The number of sulfonamides is 1. The van der Waals surface area contributed by atoms with Crippen LogP contribution < -0.4 is 5.32 Å². The zero-order valence-electron chi connectivity index (χ0n) is 14.3. The smallest absolute Gasteiger partial charge is 0.244 e. The monoisotopic (exact) mass is 391 g/mol. The Bertz CT molecular complexity index is 910. The third-order valence-corrected chi connectivity index (χ3v) is 7.69. The number of anilines is 1. The SMILES string of the molecule is O=C(Nc1nccs1)C1CCCN1S(=O)(=O)c1ccc2c(c1)CCCC2. The first-order valence-corrected chi connectivity index (χ1v) is 11.2. The first kappa shape index (κ1) is 17.6. The van der Waals surface area contributed by atoms with Gasteiger partial charge in [-0.3, -0.25) is 4.79 Å². The molecule has 1 unspecified atom stereocenters. The van der Waals surface area contributed by atoms with Gasteiger partial charge in [0.1, 0.15) is 6.04 Å². The largest absolute Gasteiger partial charge is 0.301 e. The van der Waals surface area contributed by atoms with Crippen molar-refractivity contribution >= 4 is 32.4 Å². The van der Waals surface area contributed by atoms with Crippen LogP contribution in [0, 0.1) is 0 Å². The van der Waals surface area contributed by atoms with Gasteiger partial charge in [0.05, 0.1) is 4.90 Å². The number of hydrogen-bond acceptors (Lipinski definition) is 5. The fourth-order valence-electron chi connectivity index (χ4n) is 3.77. The third-order valence-electron chi connectivity index (χ3n) is 5.10. The van der Waals surface area contributed by atoms with Crippen molar-refractivity contribution in [2.24, 2.45) is 0 Å². The predicted molar refractivity (Wildman–Crippen MR) is 101 cm³/mol. The van der Waals surface area contributed by atoms with Gasteiger partial charge in [0, 0.05) is 18.1 Å². The van der Waals surface area contributed by atoms with E-state index in [1.165, 1.54) is 21.2 Å². The van der Waals surface area contributed by atoms with Crippen LogP contribution in [-0.2, 0) is 27.7 Å². The van der Waals surface area contributed by atoms with E-state index in [1.54, 1.807) is 23.7 Å². The van der Waals surface area contributed by atoms with Gasteiger partial charge in [0.15, 0.2) is 5.13 Å². The Morgan fingerprint density at radius 3 is 2.77 bits per heavy atom. The third kappa shape index (κ3) is 3.28. The molecule has 4 rings (SSSR count). The summed E-state index contributed by atoms with van der Waals surface area (Å²) in [5.41, 5.74) is 2.37. The zero-order valence-corrected chi connectivity index (χ0v) is 16.0. The summed E-state index contributed by atoms with van der Waals surface area (Å²) < 4.78 is 27.7. The van der Waals surface area contributed by atoms with Crippen LogP contribution in [0.2, 0.25) is 0 Å². The average Bonchev–Trinajstić information content (AvgIpc) is 3.33. The standard InChI is InChI=1S/C18H21N3O3S2/c22-17(20-18-19-9-11-25-18)16-6-3-10-21(16)26(23,24)15-8-7-13-4-1-2-5-14(13)12-15/h7-9,11-12,16H,1-6,10H2,(H,19,20,22). The number of amides is 1. The Morgan fingerprint density at radius 1 is 1.19 bits per heavy atom. The molecule has 0 bridgehead atoms. The number of carbonyl (C=O) groups is 1. The van der Waals surface area contributed by atoms with Crippen LogP contribution >= 0.6 is 11.3 Å². The lowest BCUT2D eigenvalue weighted by molar-refractivity contribution is -0.119. The van der Waals surface area contributed by atoms with Crippen LogP contribution in [0.4, 0.5) is 5.13 Å². The van der Waals surface area contributed by atoms with Gasteiger partial charge in [-0.2, -0.15) is 4.31 Å². The normalized spacial score (nSPS) is 20.7. The highest BCUT2D eigenvalue weighted by molar-refractivity contribution is 7.89. The van der Waals surface area contributed by atoms with Gasteiger partial charge >= 0.3 is 0 Å². The molecule has 1 saturated heterocycles. The fraction of sp³-hybridized carbons (Fsp3) is 0.444. The van der Waals surface area contributed by atoms with E-state index >= 15 is 0 Å². The molecule has 1 N–H and O–H groups in total. The molecule has 0 spiro atoms. The molecule has 1 aromatic carbocycles. The van der Waals surface area contributed by atoms with Crippen LogP contribution in [0.15, 0.2) is 34.7 Å². The minimum absolute atomic E-state index is 0.298. The van der Waals surface area contributed by atoms with E-state index in [1.807, 2.05) is 6.07 Å². The van der Waals surface area contributed by atoms with Crippen molar-refractivity contribution in [3.05, 3.63) is 40.9 Å². The van der Waals surface area contributed by atoms with E-state index in [-0.39, 0.29) is 5.91 Å². The van der Waals surface area contributed by atoms with Gasteiger partial charge in [-0.15, -0.1) is 11.3 Å². The lowest BCUT2D eigenvalue weighted by Crippen LogP contribution is -2.43. The van der Waals surface area contributed by atoms with Gasteiger partial charge in [0.2, 0.25) is 15.9 Å². The van der Waals surface area contributed by atoms with Gasteiger partial charge in [-0.25, -0.2) is 13.4 Å². The number of thiazole rings is 1. The second-order valence-electron chi connectivity index (χ2n) is 6.74. The number of aromatic nitrogens is 1. The van der Waals surface area contributed by atoms with E-state index in [4.69, 9.17) is 0 Å². The zero-order chi connectivity index (χ0) is 18.1. The minimum atomic E-state index is -3.69. The number of carbonyl (C=O) groups excluding carboxylic acids is 1. The van der Waals surface area contributed by atoms with E-state index in [2.05, 4.69) is 10.3 Å². The summed E-state index contributed by atoms with van der Waals surface area (Å²) in [5.74, 6) is -0.306. The molecule has 2 heterocycles. The summed E-state index contributed by atoms with van der Waals surface area (Å²) >= 11 is 1.32. The van der Waals surface area contributed by atoms with Gasteiger partial charge < -0.3 is 5.32 Å². The molecule has 1 amide bonds. The second kappa shape index (κ2) is 7.09. The molecule has 138 valence electrons. The second-order valence-corrected chi connectivity index (χ2v) is 9.52. The lowest BCUT2D eigenvalue weighted by Gasteiger charge is -2.24. The quantitative estimate of drug-likeness (QED) is 0.869. The fourth-order valence-corrected chi connectivity index (χ4v) is 6.01. The van der Waals surface area contributed by atoms with Crippen molar-refractivity contribution in [3.8, 4) is 0 Å². The highest BCUT2D eigenvalue weighted by Gasteiger charge is 2.39. The molecule has 2 aromatic rings. The summed E-state index contributed by atoms with van der Waals surface area (Å²) in [6.45, 7) is 0.370. The molecule has 1 aromatic heterocycles.